The van der Waals surface area contributed by atoms with Crippen LogP contribution in [-0.2, 0) is 15.1 Å². The van der Waals surface area contributed by atoms with Crippen LogP contribution >= 0.6 is 0 Å². The van der Waals surface area contributed by atoms with E-state index in [2.05, 4.69) is 14.1 Å². The average Bonchev–Trinajstić information content (AvgIpc) is 3.30. The zero-order valence-electron chi connectivity index (χ0n) is 15.4. The molecule has 0 amide bonds. The van der Waals surface area contributed by atoms with Crippen LogP contribution in [0.1, 0.15) is 50.5 Å². The summed E-state index contributed by atoms with van der Waals surface area (Å²) in [5.74, 6) is -0.466. The second-order valence-electron chi connectivity index (χ2n) is 8.72. The predicted molar refractivity (Wildman–Crippen MR) is 95.7 cm³/mol. The molecule has 2 bridgehead atoms. The van der Waals surface area contributed by atoms with E-state index in [0.717, 1.165) is 43.0 Å². The van der Waals surface area contributed by atoms with Crippen LogP contribution in [0.3, 0.4) is 0 Å². The molecule has 4 nitrogen and oxygen atoms in total. The summed E-state index contributed by atoms with van der Waals surface area (Å²) < 4.78 is 6.96. The smallest absolute Gasteiger partial charge is 0.343 e. The van der Waals surface area contributed by atoms with Crippen molar-refractivity contribution in [2.24, 2.45) is 5.92 Å². The predicted octanol–water partition coefficient (Wildman–Crippen LogP) is 2.99. The Labute approximate surface area is 150 Å². The Morgan fingerprint density at radius 1 is 1.12 bits per heavy atom. The Balaban J connectivity index is 1.59. The monoisotopic (exact) mass is 344 g/mol. The van der Waals surface area contributed by atoms with Gasteiger partial charge in [0.2, 0.25) is 0 Å². The molecule has 1 saturated carbocycles. The van der Waals surface area contributed by atoms with Crippen molar-refractivity contribution in [1.29, 1.82) is 0 Å². The maximum absolute atomic E-state index is 13.2. The number of rotatable bonds is 4. The molecule has 25 heavy (non-hydrogen) atoms. The van der Waals surface area contributed by atoms with Gasteiger partial charge >= 0.3 is 5.97 Å². The molecule has 1 aliphatic carbocycles. The molecular formula is C21H30NO3+. The summed E-state index contributed by atoms with van der Waals surface area (Å²) in [5.41, 5.74) is -0.819. The molecule has 4 rings (SSSR count). The van der Waals surface area contributed by atoms with Crippen LogP contribution in [0.2, 0.25) is 0 Å². The fourth-order valence-electron chi connectivity index (χ4n) is 5.64. The first kappa shape index (κ1) is 17.0. The van der Waals surface area contributed by atoms with Crippen LogP contribution in [0.15, 0.2) is 30.3 Å². The molecule has 0 spiro atoms. The van der Waals surface area contributed by atoms with Crippen LogP contribution in [0.5, 0.6) is 0 Å². The summed E-state index contributed by atoms with van der Waals surface area (Å²) in [6, 6.07) is 10.4. The van der Waals surface area contributed by atoms with Crippen LogP contribution in [0, 0.1) is 5.92 Å². The number of hydrogen-bond acceptors (Lipinski definition) is 3. The first-order valence-electron chi connectivity index (χ1n) is 9.76. The number of esters is 1. The number of carbonyl (C=O) groups excluding carboxylic acids is 1. The van der Waals surface area contributed by atoms with Gasteiger partial charge in [-0.1, -0.05) is 43.2 Å². The second kappa shape index (κ2) is 6.10. The highest BCUT2D eigenvalue weighted by molar-refractivity contribution is 5.82. The average molecular weight is 344 g/mol. The highest BCUT2D eigenvalue weighted by Crippen LogP contribution is 2.46. The molecule has 1 aromatic rings. The summed E-state index contributed by atoms with van der Waals surface area (Å²) in [5, 5.41) is 11.5. The highest BCUT2D eigenvalue weighted by Gasteiger charge is 2.58. The van der Waals surface area contributed by atoms with Crippen LogP contribution in [0.25, 0.3) is 0 Å². The molecule has 0 aromatic heterocycles. The molecule has 2 heterocycles. The van der Waals surface area contributed by atoms with Crippen molar-refractivity contribution < 1.29 is 19.1 Å². The van der Waals surface area contributed by atoms with E-state index >= 15 is 0 Å². The Hall–Kier alpha value is -1.39. The first-order valence-corrected chi connectivity index (χ1v) is 9.76. The topological polar surface area (TPSA) is 46.5 Å². The van der Waals surface area contributed by atoms with E-state index in [9.17, 15) is 9.90 Å². The van der Waals surface area contributed by atoms with Gasteiger partial charge in [-0.25, -0.2) is 4.79 Å². The Kier molecular flexibility index (Phi) is 4.16. The van der Waals surface area contributed by atoms with Crippen molar-refractivity contribution in [2.75, 3.05) is 14.1 Å². The maximum Gasteiger partial charge on any atom is 0.343 e. The molecule has 0 unspecified atom stereocenters. The molecule has 1 N–H and O–H groups in total. The molecule has 1 aromatic carbocycles. The lowest BCUT2D eigenvalue weighted by atomic mass is 9.80. The number of benzene rings is 1. The number of carbonyl (C=O) groups is 1. The second-order valence-corrected chi connectivity index (χ2v) is 8.72. The van der Waals surface area contributed by atoms with Gasteiger partial charge < -0.3 is 14.3 Å². The third-order valence-corrected chi connectivity index (χ3v) is 7.25. The standard InChI is InChI=1S/C21H30NO3/c1-22(2)17-12-13-18(22)19(14-17)25-20(23)21(24,16-10-6-7-11-16)15-8-4-3-5-9-15/h3-5,8-9,16-19,24H,6-7,10-14H2,1-2H3/q+1/t17-,18+,19+,21-/m1/s1. The van der Waals surface area contributed by atoms with Crippen molar-refractivity contribution in [1.82, 2.24) is 0 Å². The zero-order valence-corrected chi connectivity index (χ0v) is 15.4. The normalized spacial score (nSPS) is 33.3. The molecule has 0 radical (unpaired) electrons. The van der Waals surface area contributed by atoms with Gasteiger partial charge in [-0.2, -0.15) is 0 Å². The maximum atomic E-state index is 13.2. The Bertz CT molecular complexity index is 638. The van der Waals surface area contributed by atoms with E-state index < -0.39 is 11.6 Å². The van der Waals surface area contributed by atoms with Crippen LogP contribution in [0.4, 0.5) is 0 Å². The fourth-order valence-corrected chi connectivity index (χ4v) is 5.64. The van der Waals surface area contributed by atoms with Gasteiger partial charge in [0.05, 0.1) is 20.1 Å². The summed E-state index contributed by atoms with van der Waals surface area (Å²) >= 11 is 0. The molecule has 4 atom stereocenters. The van der Waals surface area contributed by atoms with Crippen LogP contribution < -0.4 is 0 Å². The quantitative estimate of drug-likeness (QED) is 0.675. The lowest BCUT2D eigenvalue weighted by Crippen LogP contribution is -2.49. The first-order chi connectivity index (χ1) is 11.9. The molecule has 136 valence electrons. The van der Waals surface area contributed by atoms with Gasteiger partial charge in [0, 0.05) is 25.2 Å². The number of aliphatic hydroxyl groups is 1. The number of quaternary nitrogens is 1. The minimum Gasteiger partial charge on any atom is -0.453 e. The van der Waals surface area contributed by atoms with E-state index in [1.165, 1.54) is 6.42 Å². The molecule has 2 aliphatic heterocycles. The highest BCUT2D eigenvalue weighted by atomic mass is 16.6. The summed E-state index contributed by atoms with van der Waals surface area (Å²) in [6.07, 6.45) is 7.13. The fraction of sp³-hybridized carbons (Fsp3) is 0.667. The lowest BCUT2D eigenvalue weighted by Gasteiger charge is -2.35. The van der Waals surface area contributed by atoms with Crippen LogP contribution in [-0.4, -0.2) is 47.8 Å². The molecule has 3 fully saturated rings. The van der Waals surface area contributed by atoms with Gasteiger partial charge in [-0.05, 0) is 18.4 Å². The van der Waals surface area contributed by atoms with Crippen molar-refractivity contribution in [3.05, 3.63) is 35.9 Å². The van der Waals surface area contributed by atoms with E-state index in [1.807, 2.05) is 30.3 Å². The van der Waals surface area contributed by atoms with Gasteiger partial charge in [-0.3, -0.25) is 0 Å². The van der Waals surface area contributed by atoms with Gasteiger partial charge in [-0.15, -0.1) is 0 Å². The molecular weight excluding hydrogens is 314 g/mol. The van der Waals surface area contributed by atoms with Crippen molar-refractivity contribution in [3.8, 4) is 0 Å². The summed E-state index contributed by atoms with van der Waals surface area (Å²) in [6.45, 7) is 0. The van der Waals surface area contributed by atoms with E-state index in [0.29, 0.717) is 17.6 Å². The van der Waals surface area contributed by atoms with E-state index in [4.69, 9.17) is 4.74 Å². The Morgan fingerprint density at radius 2 is 1.80 bits per heavy atom. The van der Waals surface area contributed by atoms with Crippen molar-refractivity contribution in [2.45, 2.75) is 68.7 Å². The third-order valence-electron chi connectivity index (χ3n) is 7.25. The lowest BCUT2D eigenvalue weighted by molar-refractivity contribution is -0.913. The number of hydrogen-bond donors (Lipinski definition) is 1. The van der Waals surface area contributed by atoms with Crippen molar-refractivity contribution in [3.63, 3.8) is 0 Å². The molecule has 3 aliphatic rings. The zero-order chi connectivity index (χ0) is 17.7. The number of nitrogens with zero attached hydrogens (tertiary/aromatic N) is 1. The van der Waals surface area contributed by atoms with E-state index in [1.54, 1.807) is 0 Å². The van der Waals surface area contributed by atoms with Gasteiger partial charge in [0.15, 0.2) is 11.7 Å². The minimum atomic E-state index is -1.50. The largest absolute Gasteiger partial charge is 0.453 e. The SMILES string of the molecule is C[N+]1(C)[C@@H]2CC[C@H]1[C@@H](OC(=O)[C@@](O)(c1ccccc1)C1CCCC1)C2. The van der Waals surface area contributed by atoms with Gasteiger partial charge in [0.1, 0.15) is 6.04 Å². The third kappa shape index (κ3) is 2.61. The Morgan fingerprint density at radius 3 is 2.36 bits per heavy atom. The number of likely N-dealkylation sites (N-methyl/N-ethyl adjacent to an activating group) is 1. The summed E-state index contributed by atoms with van der Waals surface area (Å²) in [7, 11) is 4.49. The van der Waals surface area contributed by atoms with Crippen molar-refractivity contribution >= 4 is 5.97 Å². The van der Waals surface area contributed by atoms with Gasteiger partial charge in [0.25, 0.3) is 0 Å². The number of fused-ring (bicyclic) bond motifs is 2. The van der Waals surface area contributed by atoms with E-state index in [-0.39, 0.29) is 12.0 Å². The molecule has 2 saturated heterocycles. The number of ether oxygens (including phenoxy) is 1. The summed E-state index contributed by atoms with van der Waals surface area (Å²) in [4.78, 5) is 13.2. The molecule has 4 heteroatoms. The minimum absolute atomic E-state index is 0.0384.